The first-order valence-corrected chi connectivity index (χ1v) is 6.96. The topological polar surface area (TPSA) is 49.8 Å². The Labute approximate surface area is 122 Å². The molecule has 2 rings (SSSR count). The van der Waals surface area contributed by atoms with E-state index in [9.17, 15) is 8.78 Å². The van der Waals surface area contributed by atoms with E-state index in [-0.39, 0.29) is 5.69 Å². The molecule has 0 bridgehead atoms. The molecule has 0 amide bonds. The summed E-state index contributed by atoms with van der Waals surface area (Å²) >= 11 is 0. The molecule has 6 heteroatoms. The lowest BCUT2D eigenvalue weighted by atomic mass is 10.1. The van der Waals surface area contributed by atoms with E-state index in [1.54, 1.807) is 0 Å². The van der Waals surface area contributed by atoms with Crippen molar-refractivity contribution in [2.75, 3.05) is 17.2 Å². The van der Waals surface area contributed by atoms with Crippen LogP contribution in [0.15, 0.2) is 24.5 Å². The van der Waals surface area contributed by atoms with Gasteiger partial charge in [-0.15, -0.1) is 0 Å². The van der Waals surface area contributed by atoms with E-state index in [0.717, 1.165) is 12.0 Å². The number of nitrogens with one attached hydrogen (secondary N) is 2. The molecule has 0 aliphatic carbocycles. The molecule has 0 atom stereocenters. The van der Waals surface area contributed by atoms with Crippen molar-refractivity contribution in [3.8, 4) is 0 Å². The third-order valence-corrected chi connectivity index (χ3v) is 3.00. The van der Waals surface area contributed by atoms with Crippen molar-refractivity contribution in [2.45, 2.75) is 26.7 Å². The van der Waals surface area contributed by atoms with Gasteiger partial charge in [0.2, 0.25) is 0 Å². The Balaban J connectivity index is 2.41. The summed E-state index contributed by atoms with van der Waals surface area (Å²) in [5.74, 6) is -0.192. The predicted molar refractivity (Wildman–Crippen MR) is 79.8 cm³/mol. The number of benzene rings is 1. The second kappa shape index (κ2) is 6.97. The standard InChI is InChI=1S/C15H18F2N4/c1-3-6-10-14(18-4-2)19-9-20-15(10)21-13-11(16)7-5-8-12(13)17/h5,7-9H,3-4,6H2,1-2H3,(H2,18,19,20,21). The SMILES string of the molecule is CCCc1c(NCC)ncnc1Nc1c(F)cccc1F. The van der Waals surface area contributed by atoms with Crippen LogP contribution in [0.25, 0.3) is 0 Å². The van der Waals surface area contributed by atoms with Gasteiger partial charge in [0.15, 0.2) is 0 Å². The molecule has 0 unspecified atom stereocenters. The van der Waals surface area contributed by atoms with Crippen LogP contribution >= 0.6 is 0 Å². The molecule has 2 aromatic rings. The van der Waals surface area contributed by atoms with Gasteiger partial charge in [-0.1, -0.05) is 19.4 Å². The molecule has 4 nitrogen and oxygen atoms in total. The largest absolute Gasteiger partial charge is 0.370 e. The summed E-state index contributed by atoms with van der Waals surface area (Å²) in [6, 6.07) is 3.74. The first-order chi connectivity index (χ1) is 10.2. The van der Waals surface area contributed by atoms with Crippen LogP contribution < -0.4 is 10.6 Å². The number of aromatic nitrogens is 2. The number of anilines is 3. The molecule has 0 aliphatic heterocycles. The summed E-state index contributed by atoms with van der Waals surface area (Å²) in [4.78, 5) is 8.31. The van der Waals surface area contributed by atoms with E-state index in [1.165, 1.54) is 24.5 Å². The van der Waals surface area contributed by atoms with Gasteiger partial charge >= 0.3 is 0 Å². The van der Waals surface area contributed by atoms with E-state index >= 15 is 0 Å². The summed E-state index contributed by atoms with van der Waals surface area (Å²) in [6.45, 7) is 4.69. The molecule has 0 saturated carbocycles. The minimum atomic E-state index is -0.652. The minimum Gasteiger partial charge on any atom is -0.370 e. The van der Waals surface area contributed by atoms with Crippen molar-refractivity contribution >= 4 is 17.3 Å². The molecule has 0 spiro atoms. The van der Waals surface area contributed by atoms with Gasteiger partial charge in [-0.25, -0.2) is 18.7 Å². The van der Waals surface area contributed by atoms with Gasteiger partial charge in [-0.05, 0) is 25.5 Å². The first-order valence-electron chi connectivity index (χ1n) is 6.96. The second-order valence-corrected chi connectivity index (χ2v) is 4.55. The van der Waals surface area contributed by atoms with Crippen LogP contribution in [0.3, 0.4) is 0 Å². The van der Waals surface area contributed by atoms with Gasteiger partial charge in [0, 0.05) is 12.1 Å². The third kappa shape index (κ3) is 3.45. The first kappa shape index (κ1) is 15.2. The maximum atomic E-state index is 13.7. The monoisotopic (exact) mass is 292 g/mol. The molecule has 1 aromatic heterocycles. The second-order valence-electron chi connectivity index (χ2n) is 4.55. The van der Waals surface area contributed by atoms with Crippen molar-refractivity contribution < 1.29 is 8.78 Å². The molecule has 0 saturated heterocycles. The Bertz CT molecular complexity index is 596. The van der Waals surface area contributed by atoms with Crippen LogP contribution in [-0.2, 0) is 6.42 Å². The number of halogens is 2. The van der Waals surface area contributed by atoms with Crippen LogP contribution in [0.1, 0.15) is 25.8 Å². The maximum Gasteiger partial charge on any atom is 0.149 e. The van der Waals surface area contributed by atoms with Crippen LogP contribution in [0.5, 0.6) is 0 Å². The highest BCUT2D eigenvalue weighted by Crippen LogP contribution is 2.27. The minimum absolute atomic E-state index is 0.198. The van der Waals surface area contributed by atoms with Crippen molar-refractivity contribution in [1.29, 1.82) is 0 Å². The lowest BCUT2D eigenvalue weighted by Crippen LogP contribution is -2.09. The van der Waals surface area contributed by atoms with Gasteiger partial charge in [-0.2, -0.15) is 0 Å². The molecule has 0 radical (unpaired) electrons. The smallest absolute Gasteiger partial charge is 0.149 e. The third-order valence-electron chi connectivity index (χ3n) is 3.00. The van der Waals surface area contributed by atoms with Crippen molar-refractivity contribution in [3.05, 3.63) is 41.7 Å². The Morgan fingerprint density at radius 2 is 1.71 bits per heavy atom. The fourth-order valence-electron chi connectivity index (χ4n) is 2.06. The molecule has 0 fully saturated rings. The van der Waals surface area contributed by atoms with Gasteiger partial charge in [0.05, 0.1) is 0 Å². The lowest BCUT2D eigenvalue weighted by molar-refractivity contribution is 0.590. The van der Waals surface area contributed by atoms with E-state index in [0.29, 0.717) is 24.6 Å². The van der Waals surface area contributed by atoms with E-state index in [2.05, 4.69) is 20.6 Å². The Hall–Kier alpha value is -2.24. The molecule has 21 heavy (non-hydrogen) atoms. The molecular formula is C15H18F2N4. The number of hydrogen-bond acceptors (Lipinski definition) is 4. The fourth-order valence-corrected chi connectivity index (χ4v) is 2.06. The molecule has 0 aliphatic rings. The van der Waals surface area contributed by atoms with Crippen LogP contribution in [0, 0.1) is 11.6 Å². The summed E-state index contributed by atoms with van der Waals surface area (Å²) in [5, 5.41) is 5.89. The van der Waals surface area contributed by atoms with E-state index in [4.69, 9.17) is 0 Å². The van der Waals surface area contributed by atoms with Gasteiger partial charge in [0.1, 0.15) is 35.3 Å². The molecule has 112 valence electrons. The Morgan fingerprint density at radius 3 is 2.33 bits per heavy atom. The van der Waals surface area contributed by atoms with E-state index in [1.807, 2.05) is 13.8 Å². The number of para-hydroxylation sites is 1. The highest BCUT2D eigenvalue weighted by molar-refractivity contribution is 5.65. The van der Waals surface area contributed by atoms with Gasteiger partial charge in [-0.3, -0.25) is 0 Å². The lowest BCUT2D eigenvalue weighted by Gasteiger charge is -2.15. The van der Waals surface area contributed by atoms with Crippen molar-refractivity contribution in [3.63, 3.8) is 0 Å². The molecule has 1 heterocycles. The zero-order chi connectivity index (χ0) is 15.2. The van der Waals surface area contributed by atoms with Crippen LogP contribution in [-0.4, -0.2) is 16.5 Å². The summed E-state index contributed by atoms with van der Waals surface area (Å²) in [7, 11) is 0. The van der Waals surface area contributed by atoms with Gasteiger partial charge < -0.3 is 10.6 Å². The average molecular weight is 292 g/mol. The summed E-state index contributed by atoms with van der Waals surface area (Å²) < 4.78 is 27.5. The van der Waals surface area contributed by atoms with Gasteiger partial charge in [0.25, 0.3) is 0 Å². The quantitative estimate of drug-likeness (QED) is 0.848. The van der Waals surface area contributed by atoms with Crippen molar-refractivity contribution in [2.24, 2.45) is 0 Å². The number of nitrogens with zero attached hydrogens (tertiary/aromatic N) is 2. The average Bonchev–Trinajstić information content (AvgIpc) is 2.46. The predicted octanol–water partition coefficient (Wildman–Crippen LogP) is 3.88. The van der Waals surface area contributed by atoms with Crippen LogP contribution in [0.4, 0.5) is 26.1 Å². The summed E-state index contributed by atoms with van der Waals surface area (Å²) in [6.07, 6.45) is 2.96. The molecule has 2 N–H and O–H groups in total. The zero-order valence-electron chi connectivity index (χ0n) is 12.1. The highest BCUT2D eigenvalue weighted by Gasteiger charge is 2.14. The van der Waals surface area contributed by atoms with E-state index < -0.39 is 11.6 Å². The zero-order valence-corrected chi connectivity index (χ0v) is 12.1. The molecular weight excluding hydrogens is 274 g/mol. The Kier molecular flexibility index (Phi) is 5.03. The highest BCUT2D eigenvalue weighted by atomic mass is 19.1. The summed E-state index contributed by atoms with van der Waals surface area (Å²) in [5.41, 5.74) is 0.625. The van der Waals surface area contributed by atoms with Crippen LogP contribution in [0.2, 0.25) is 0 Å². The fraction of sp³-hybridized carbons (Fsp3) is 0.333. The normalized spacial score (nSPS) is 10.5. The molecule has 1 aromatic carbocycles. The van der Waals surface area contributed by atoms with Crippen molar-refractivity contribution in [1.82, 2.24) is 9.97 Å². The maximum absolute atomic E-state index is 13.7. The number of rotatable bonds is 6. The number of hydrogen-bond donors (Lipinski definition) is 2. The Morgan fingerprint density at radius 1 is 1.05 bits per heavy atom.